The van der Waals surface area contributed by atoms with Crippen molar-refractivity contribution in [2.45, 2.75) is 25.6 Å². The highest BCUT2D eigenvalue weighted by Crippen LogP contribution is 2.33. The van der Waals surface area contributed by atoms with Gasteiger partial charge in [-0.15, -0.1) is 11.3 Å². The van der Waals surface area contributed by atoms with Crippen LogP contribution in [0.5, 0.6) is 0 Å². The zero-order chi connectivity index (χ0) is 17.2. The van der Waals surface area contributed by atoms with Gasteiger partial charge < -0.3 is 5.11 Å². The molecule has 1 aromatic heterocycles. The van der Waals surface area contributed by atoms with Gasteiger partial charge in [0.15, 0.2) is 5.78 Å². The average Bonchev–Trinajstić information content (AvgIpc) is 3.26. The Labute approximate surface area is 152 Å². The summed E-state index contributed by atoms with van der Waals surface area (Å²) in [5, 5.41) is 12.5. The first-order valence-corrected chi connectivity index (χ1v) is 9.87. The Kier molecular flexibility index (Phi) is 4.99. The molecule has 0 aliphatic carbocycles. The van der Waals surface area contributed by atoms with E-state index >= 15 is 0 Å². The number of nitrogens with zero attached hydrogens (tertiary/aromatic N) is 2. The lowest BCUT2D eigenvalue weighted by atomic mass is 9.96. The predicted octanol–water partition coefficient (Wildman–Crippen LogP) is 3.15. The number of piperidine rings is 1. The highest BCUT2D eigenvalue weighted by Gasteiger charge is 2.31. The summed E-state index contributed by atoms with van der Waals surface area (Å²) in [6.45, 7) is 4.25. The first kappa shape index (κ1) is 16.9. The van der Waals surface area contributed by atoms with Crippen molar-refractivity contribution in [2.24, 2.45) is 5.92 Å². The van der Waals surface area contributed by atoms with Gasteiger partial charge >= 0.3 is 0 Å². The van der Waals surface area contributed by atoms with Gasteiger partial charge in [-0.3, -0.25) is 14.6 Å². The van der Waals surface area contributed by atoms with Crippen LogP contribution in [0.1, 0.15) is 39.9 Å². The van der Waals surface area contributed by atoms with Gasteiger partial charge in [-0.05, 0) is 54.4 Å². The van der Waals surface area contributed by atoms with Gasteiger partial charge in [0.1, 0.15) is 6.23 Å². The van der Waals surface area contributed by atoms with Crippen LogP contribution in [-0.2, 0) is 6.54 Å². The summed E-state index contributed by atoms with van der Waals surface area (Å²) in [4.78, 5) is 17.5. The Morgan fingerprint density at radius 1 is 1.16 bits per heavy atom. The third-order valence-electron chi connectivity index (χ3n) is 5.42. The minimum absolute atomic E-state index is 0.235. The van der Waals surface area contributed by atoms with E-state index in [1.54, 1.807) is 0 Å². The minimum Gasteiger partial charge on any atom is -0.374 e. The highest BCUT2D eigenvalue weighted by atomic mass is 32.1. The summed E-state index contributed by atoms with van der Waals surface area (Å²) in [6, 6.07) is 12.0. The molecule has 1 atom stereocenters. The van der Waals surface area contributed by atoms with Gasteiger partial charge in [0.05, 0.1) is 11.4 Å². The molecule has 2 aliphatic rings. The number of carbonyl (C=O) groups excluding carboxylic acids is 1. The van der Waals surface area contributed by atoms with E-state index < -0.39 is 6.23 Å². The van der Waals surface area contributed by atoms with Gasteiger partial charge in [0.25, 0.3) is 0 Å². The van der Waals surface area contributed by atoms with Gasteiger partial charge in [-0.25, -0.2) is 0 Å². The molecule has 0 bridgehead atoms. The number of likely N-dealkylation sites (tertiary alicyclic amines) is 1. The van der Waals surface area contributed by atoms with Crippen LogP contribution in [0.2, 0.25) is 0 Å². The first-order chi connectivity index (χ1) is 12.2. The van der Waals surface area contributed by atoms with Crippen LogP contribution >= 0.6 is 11.3 Å². The third-order valence-corrected chi connectivity index (χ3v) is 6.33. The number of benzene rings is 1. The molecule has 1 fully saturated rings. The van der Waals surface area contributed by atoms with Crippen LogP contribution in [-0.4, -0.2) is 46.9 Å². The van der Waals surface area contributed by atoms with Gasteiger partial charge in [-0.1, -0.05) is 30.3 Å². The quantitative estimate of drug-likeness (QED) is 0.836. The van der Waals surface area contributed by atoms with Crippen molar-refractivity contribution in [1.29, 1.82) is 0 Å². The van der Waals surface area contributed by atoms with Crippen molar-refractivity contribution >= 4 is 17.1 Å². The molecule has 4 rings (SSSR count). The summed E-state index contributed by atoms with van der Waals surface area (Å²) < 4.78 is 0. The second-order valence-corrected chi connectivity index (χ2v) is 8.07. The van der Waals surface area contributed by atoms with Gasteiger partial charge in [0.2, 0.25) is 0 Å². The summed E-state index contributed by atoms with van der Waals surface area (Å²) in [6.07, 6.45) is 1.73. The average molecular weight is 356 g/mol. The van der Waals surface area contributed by atoms with Crippen LogP contribution in [0.25, 0.3) is 0 Å². The lowest BCUT2D eigenvalue weighted by Crippen LogP contribution is -2.40. The van der Waals surface area contributed by atoms with Crippen LogP contribution in [0.15, 0.2) is 41.8 Å². The van der Waals surface area contributed by atoms with Gasteiger partial charge in [0, 0.05) is 13.1 Å². The number of rotatable bonds is 5. The number of aliphatic hydroxyl groups is 1. The summed E-state index contributed by atoms with van der Waals surface area (Å²) in [7, 11) is 0. The Morgan fingerprint density at radius 3 is 2.68 bits per heavy atom. The summed E-state index contributed by atoms with van der Waals surface area (Å²) in [5.74, 6) is 0.830. The fraction of sp³-hybridized carbons (Fsp3) is 0.450. The molecule has 0 saturated carbocycles. The molecule has 0 amide bonds. The fourth-order valence-electron chi connectivity index (χ4n) is 3.97. The SMILES string of the molecule is O=C(CN1CCC(CN2Cc3ccccc3C2O)CC1)c1cccs1. The highest BCUT2D eigenvalue weighted by molar-refractivity contribution is 7.12. The number of Topliss-reactive ketones (excluding diaryl/α,β-unsaturated/α-hetero) is 1. The molecule has 3 heterocycles. The van der Waals surface area contributed by atoms with Crippen LogP contribution < -0.4 is 0 Å². The van der Waals surface area contributed by atoms with Crippen LogP contribution in [0, 0.1) is 5.92 Å². The monoisotopic (exact) mass is 356 g/mol. The number of aliphatic hydroxyl groups excluding tert-OH is 1. The van der Waals surface area contributed by atoms with Crippen molar-refractivity contribution in [3.63, 3.8) is 0 Å². The molecule has 0 spiro atoms. The maximum Gasteiger partial charge on any atom is 0.186 e. The Bertz CT molecular complexity index is 723. The molecular weight excluding hydrogens is 332 g/mol. The Hall–Kier alpha value is -1.53. The number of fused-ring (bicyclic) bond motifs is 1. The molecule has 2 aliphatic heterocycles. The molecule has 0 radical (unpaired) electrons. The largest absolute Gasteiger partial charge is 0.374 e. The number of carbonyl (C=O) groups is 1. The van der Waals surface area contributed by atoms with Crippen LogP contribution in [0.3, 0.4) is 0 Å². The van der Waals surface area contributed by atoms with Crippen molar-refractivity contribution in [3.8, 4) is 0 Å². The molecule has 25 heavy (non-hydrogen) atoms. The van der Waals surface area contributed by atoms with Crippen molar-refractivity contribution in [2.75, 3.05) is 26.2 Å². The van der Waals surface area contributed by atoms with Crippen molar-refractivity contribution < 1.29 is 9.90 Å². The first-order valence-electron chi connectivity index (χ1n) is 8.99. The van der Waals surface area contributed by atoms with E-state index in [0.29, 0.717) is 12.5 Å². The van der Waals surface area contributed by atoms with Crippen molar-refractivity contribution in [1.82, 2.24) is 9.80 Å². The van der Waals surface area contributed by atoms with E-state index in [4.69, 9.17) is 0 Å². The molecule has 5 heteroatoms. The third kappa shape index (κ3) is 3.70. The maximum atomic E-state index is 12.2. The molecule has 132 valence electrons. The number of hydrogen-bond acceptors (Lipinski definition) is 5. The van der Waals surface area contributed by atoms with Gasteiger partial charge in [-0.2, -0.15) is 0 Å². The topological polar surface area (TPSA) is 43.8 Å². The molecule has 1 aromatic carbocycles. The Morgan fingerprint density at radius 2 is 1.96 bits per heavy atom. The number of ketones is 1. The Balaban J connectivity index is 1.26. The standard InChI is InChI=1S/C20H24N2O2S/c23-18(19-6-3-11-25-19)14-21-9-7-15(8-10-21)12-22-13-16-4-1-2-5-17(16)20(22)24/h1-6,11,15,20,24H,7-10,12-14H2. The molecule has 2 aromatic rings. The summed E-state index contributed by atoms with van der Waals surface area (Å²) in [5.41, 5.74) is 2.30. The van der Waals surface area contributed by atoms with E-state index in [9.17, 15) is 9.90 Å². The van der Waals surface area contributed by atoms with E-state index in [0.717, 1.165) is 49.5 Å². The lowest BCUT2D eigenvalue weighted by Gasteiger charge is -2.34. The van der Waals surface area contributed by atoms with E-state index in [1.165, 1.54) is 16.9 Å². The smallest absolute Gasteiger partial charge is 0.186 e. The van der Waals surface area contributed by atoms with E-state index in [-0.39, 0.29) is 5.78 Å². The van der Waals surface area contributed by atoms with Crippen LogP contribution in [0.4, 0.5) is 0 Å². The van der Waals surface area contributed by atoms with E-state index in [2.05, 4.69) is 15.9 Å². The molecular formula is C20H24N2O2S. The molecule has 4 nitrogen and oxygen atoms in total. The second-order valence-electron chi connectivity index (χ2n) is 7.12. The fourth-order valence-corrected chi connectivity index (χ4v) is 4.63. The predicted molar refractivity (Wildman–Crippen MR) is 99.6 cm³/mol. The minimum atomic E-state index is -0.463. The zero-order valence-corrected chi connectivity index (χ0v) is 15.1. The number of hydrogen-bond donors (Lipinski definition) is 1. The molecule has 1 unspecified atom stereocenters. The molecule has 1 N–H and O–H groups in total. The molecule has 1 saturated heterocycles. The zero-order valence-electron chi connectivity index (χ0n) is 14.3. The lowest BCUT2D eigenvalue weighted by molar-refractivity contribution is -0.00352. The normalized spacial score (nSPS) is 22.2. The number of thiophene rings is 1. The second kappa shape index (κ2) is 7.38. The summed E-state index contributed by atoms with van der Waals surface area (Å²) >= 11 is 1.53. The van der Waals surface area contributed by atoms with E-state index in [1.807, 2.05) is 35.7 Å². The maximum absolute atomic E-state index is 12.2. The van der Waals surface area contributed by atoms with Crippen molar-refractivity contribution in [3.05, 3.63) is 57.8 Å².